The second-order valence-electron chi connectivity index (χ2n) is 5.83. The van der Waals surface area contributed by atoms with Gasteiger partial charge < -0.3 is 19.9 Å². The second kappa shape index (κ2) is 8.55. The van der Waals surface area contributed by atoms with Gasteiger partial charge in [0, 0.05) is 26.2 Å². The molecule has 2 amide bonds. The third kappa shape index (κ3) is 4.37. The number of thiophene rings is 1. The van der Waals surface area contributed by atoms with Gasteiger partial charge in [0.15, 0.2) is 0 Å². The van der Waals surface area contributed by atoms with Gasteiger partial charge in [-0.1, -0.05) is 12.1 Å². The highest BCUT2D eigenvalue weighted by molar-refractivity contribution is 9.11. The molecule has 26 heavy (non-hydrogen) atoms. The predicted molar refractivity (Wildman–Crippen MR) is 106 cm³/mol. The van der Waals surface area contributed by atoms with Crippen molar-refractivity contribution in [2.75, 3.05) is 44.7 Å². The SMILES string of the molecule is COc1ccccc1N1CCN(C(=O)CNC(=O)c2ccc(Br)s2)CC1. The lowest BCUT2D eigenvalue weighted by Gasteiger charge is -2.36. The molecule has 0 bridgehead atoms. The van der Waals surface area contributed by atoms with Crippen molar-refractivity contribution in [3.8, 4) is 5.75 Å². The maximum Gasteiger partial charge on any atom is 0.261 e. The van der Waals surface area contributed by atoms with Crippen LogP contribution in [0.25, 0.3) is 0 Å². The minimum absolute atomic E-state index is 0.0169. The van der Waals surface area contributed by atoms with Crippen LogP contribution in [-0.4, -0.2) is 56.5 Å². The van der Waals surface area contributed by atoms with Crippen LogP contribution in [0, 0.1) is 0 Å². The van der Waals surface area contributed by atoms with Crippen LogP contribution in [0.4, 0.5) is 5.69 Å². The van der Waals surface area contributed by atoms with E-state index in [-0.39, 0.29) is 18.4 Å². The highest BCUT2D eigenvalue weighted by Gasteiger charge is 2.23. The number of hydrogen-bond donors (Lipinski definition) is 1. The molecule has 2 heterocycles. The molecule has 2 aromatic rings. The first kappa shape index (κ1) is 18.7. The monoisotopic (exact) mass is 437 g/mol. The molecule has 3 rings (SSSR count). The third-order valence-corrected chi connectivity index (χ3v) is 5.88. The van der Waals surface area contributed by atoms with Gasteiger partial charge in [0.05, 0.1) is 28.0 Å². The number of halogens is 1. The number of ether oxygens (including phenoxy) is 1. The topological polar surface area (TPSA) is 61.9 Å². The first-order chi connectivity index (χ1) is 12.6. The van der Waals surface area contributed by atoms with Gasteiger partial charge in [0.1, 0.15) is 5.75 Å². The Morgan fingerprint density at radius 2 is 1.88 bits per heavy atom. The van der Waals surface area contributed by atoms with Crippen LogP contribution in [0.1, 0.15) is 9.67 Å². The molecule has 0 unspecified atom stereocenters. The largest absolute Gasteiger partial charge is 0.495 e. The van der Waals surface area contributed by atoms with Crippen molar-refractivity contribution in [1.82, 2.24) is 10.2 Å². The number of methoxy groups -OCH3 is 1. The Morgan fingerprint density at radius 1 is 1.15 bits per heavy atom. The molecule has 8 heteroatoms. The lowest BCUT2D eigenvalue weighted by molar-refractivity contribution is -0.130. The van der Waals surface area contributed by atoms with Crippen LogP contribution in [0.15, 0.2) is 40.2 Å². The molecule has 1 saturated heterocycles. The molecule has 0 radical (unpaired) electrons. The van der Waals surface area contributed by atoms with E-state index in [1.165, 1.54) is 11.3 Å². The first-order valence-corrected chi connectivity index (χ1v) is 9.88. The summed E-state index contributed by atoms with van der Waals surface area (Å²) in [7, 11) is 1.66. The van der Waals surface area contributed by atoms with Gasteiger partial charge in [0.25, 0.3) is 5.91 Å². The average Bonchev–Trinajstić information content (AvgIpc) is 3.12. The Labute approximate surface area is 164 Å². The zero-order valence-electron chi connectivity index (χ0n) is 14.4. The summed E-state index contributed by atoms with van der Waals surface area (Å²) in [4.78, 5) is 29.0. The summed E-state index contributed by atoms with van der Waals surface area (Å²) in [6, 6.07) is 11.4. The number of rotatable bonds is 5. The summed E-state index contributed by atoms with van der Waals surface area (Å²) in [6.07, 6.45) is 0. The van der Waals surface area contributed by atoms with Crippen LogP contribution in [-0.2, 0) is 4.79 Å². The van der Waals surface area contributed by atoms with Gasteiger partial charge in [-0.05, 0) is 40.2 Å². The lowest BCUT2D eigenvalue weighted by Crippen LogP contribution is -2.51. The minimum Gasteiger partial charge on any atom is -0.495 e. The van der Waals surface area contributed by atoms with Crippen molar-refractivity contribution in [3.63, 3.8) is 0 Å². The fraction of sp³-hybridized carbons (Fsp3) is 0.333. The van der Waals surface area contributed by atoms with Gasteiger partial charge in [-0.2, -0.15) is 0 Å². The number of nitrogens with one attached hydrogen (secondary N) is 1. The smallest absolute Gasteiger partial charge is 0.261 e. The maximum absolute atomic E-state index is 12.4. The van der Waals surface area contributed by atoms with Crippen molar-refractivity contribution in [3.05, 3.63) is 45.1 Å². The third-order valence-electron chi connectivity index (χ3n) is 4.26. The number of carbonyl (C=O) groups is 2. The normalized spacial score (nSPS) is 14.2. The van der Waals surface area contributed by atoms with Gasteiger partial charge in [0.2, 0.25) is 5.91 Å². The van der Waals surface area contributed by atoms with E-state index in [4.69, 9.17) is 4.74 Å². The van der Waals surface area contributed by atoms with Crippen molar-refractivity contribution >= 4 is 44.8 Å². The molecule has 0 saturated carbocycles. The molecule has 1 aliphatic heterocycles. The molecule has 6 nitrogen and oxygen atoms in total. The predicted octanol–water partition coefficient (Wildman–Crippen LogP) is 2.60. The summed E-state index contributed by atoms with van der Waals surface area (Å²) in [5.74, 6) is 0.553. The molecule has 1 N–H and O–H groups in total. The van der Waals surface area contributed by atoms with Gasteiger partial charge in [-0.15, -0.1) is 11.3 Å². The Kier molecular flexibility index (Phi) is 6.16. The highest BCUT2D eigenvalue weighted by atomic mass is 79.9. The van der Waals surface area contributed by atoms with E-state index in [9.17, 15) is 9.59 Å². The van der Waals surface area contributed by atoms with E-state index in [0.717, 1.165) is 28.3 Å². The summed E-state index contributed by atoms with van der Waals surface area (Å²) in [6.45, 7) is 2.73. The molecular weight excluding hydrogens is 418 g/mol. The molecular formula is C18H20BrN3O3S. The van der Waals surface area contributed by atoms with Gasteiger partial charge in [-0.3, -0.25) is 9.59 Å². The number of hydrogen-bond acceptors (Lipinski definition) is 5. The first-order valence-electron chi connectivity index (χ1n) is 8.28. The Bertz CT molecular complexity index is 787. The van der Waals surface area contributed by atoms with E-state index < -0.39 is 0 Å². The van der Waals surface area contributed by atoms with E-state index in [1.54, 1.807) is 18.1 Å². The summed E-state index contributed by atoms with van der Waals surface area (Å²) < 4.78 is 6.30. The number of benzene rings is 1. The lowest BCUT2D eigenvalue weighted by atomic mass is 10.2. The maximum atomic E-state index is 12.4. The summed E-state index contributed by atoms with van der Waals surface area (Å²) in [5, 5.41) is 2.70. The van der Waals surface area contributed by atoms with Crippen molar-refractivity contribution in [1.29, 1.82) is 0 Å². The standard InChI is InChI=1S/C18H20BrN3O3S/c1-25-14-5-3-2-4-13(14)21-8-10-22(11-9-21)17(23)12-20-18(24)15-6-7-16(19)26-15/h2-7H,8-12H2,1H3,(H,20,24). The van der Waals surface area contributed by atoms with E-state index in [1.807, 2.05) is 30.3 Å². The number of amides is 2. The number of para-hydroxylation sites is 2. The number of piperazine rings is 1. The Balaban J connectivity index is 1.50. The summed E-state index contributed by atoms with van der Waals surface area (Å²) in [5.41, 5.74) is 1.04. The fourth-order valence-electron chi connectivity index (χ4n) is 2.88. The van der Waals surface area contributed by atoms with Crippen molar-refractivity contribution < 1.29 is 14.3 Å². The molecule has 1 fully saturated rings. The molecule has 0 atom stereocenters. The quantitative estimate of drug-likeness (QED) is 0.780. The number of carbonyl (C=O) groups excluding carboxylic acids is 2. The van der Waals surface area contributed by atoms with E-state index >= 15 is 0 Å². The van der Waals surface area contributed by atoms with Crippen molar-refractivity contribution in [2.45, 2.75) is 0 Å². The van der Waals surface area contributed by atoms with Gasteiger partial charge >= 0.3 is 0 Å². The molecule has 1 aliphatic rings. The van der Waals surface area contributed by atoms with Crippen LogP contribution < -0.4 is 15.0 Å². The summed E-state index contributed by atoms with van der Waals surface area (Å²) >= 11 is 4.67. The highest BCUT2D eigenvalue weighted by Crippen LogP contribution is 2.28. The second-order valence-corrected chi connectivity index (χ2v) is 8.29. The van der Waals surface area contributed by atoms with Crippen LogP contribution in [0.5, 0.6) is 5.75 Å². The minimum atomic E-state index is -0.221. The molecule has 138 valence electrons. The molecule has 1 aromatic carbocycles. The molecule has 0 aliphatic carbocycles. The Morgan fingerprint density at radius 3 is 2.54 bits per heavy atom. The zero-order valence-corrected chi connectivity index (χ0v) is 16.8. The van der Waals surface area contributed by atoms with E-state index in [2.05, 4.69) is 26.1 Å². The molecule has 0 spiro atoms. The van der Waals surface area contributed by atoms with E-state index in [0.29, 0.717) is 18.0 Å². The Hall–Kier alpha value is -2.06. The van der Waals surface area contributed by atoms with Gasteiger partial charge in [-0.25, -0.2) is 0 Å². The van der Waals surface area contributed by atoms with Crippen LogP contribution in [0.3, 0.4) is 0 Å². The zero-order chi connectivity index (χ0) is 18.5. The number of nitrogens with zero attached hydrogens (tertiary/aromatic N) is 2. The number of anilines is 1. The van der Waals surface area contributed by atoms with Crippen molar-refractivity contribution in [2.24, 2.45) is 0 Å². The van der Waals surface area contributed by atoms with Crippen LogP contribution >= 0.6 is 27.3 Å². The van der Waals surface area contributed by atoms with Crippen LogP contribution in [0.2, 0.25) is 0 Å². The fourth-order valence-corrected chi connectivity index (χ4v) is 4.18. The molecule has 1 aromatic heterocycles. The average molecular weight is 438 g/mol.